The van der Waals surface area contributed by atoms with Crippen LogP contribution in [0.1, 0.15) is 33.3 Å². The first-order valence-corrected chi connectivity index (χ1v) is 8.24. The molecule has 0 aliphatic carbocycles. The molecule has 0 aromatic heterocycles. The minimum Gasteiger partial charge on any atom is -0.398 e. The molecule has 0 aliphatic heterocycles. The van der Waals surface area contributed by atoms with E-state index in [4.69, 9.17) is 17.3 Å². The first-order valence-electron chi connectivity index (χ1n) is 6.42. The zero-order valence-electron chi connectivity index (χ0n) is 12.9. The van der Waals surface area contributed by atoms with E-state index in [0.717, 1.165) is 0 Å². The molecule has 20 heavy (non-hydrogen) atoms. The lowest BCUT2D eigenvalue weighted by Gasteiger charge is -2.34. The highest BCUT2D eigenvalue weighted by Crippen LogP contribution is 2.31. The van der Waals surface area contributed by atoms with Crippen LogP contribution in [0.25, 0.3) is 0 Å². The van der Waals surface area contributed by atoms with Crippen molar-refractivity contribution in [1.29, 1.82) is 0 Å². The average molecular weight is 319 g/mol. The molecule has 2 N–H and O–H groups in total. The minimum absolute atomic E-state index is 0.129. The van der Waals surface area contributed by atoms with Gasteiger partial charge in [-0.25, -0.2) is 8.42 Å². The fourth-order valence-electron chi connectivity index (χ4n) is 1.74. The van der Waals surface area contributed by atoms with Crippen LogP contribution in [-0.4, -0.2) is 25.8 Å². The zero-order valence-corrected chi connectivity index (χ0v) is 14.4. The van der Waals surface area contributed by atoms with Crippen molar-refractivity contribution in [1.82, 2.24) is 4.31 Å². The Labute approximate surface area is 127 Å². The van der Waals surface area contributed by atoms with Crippen molar-refractivity contribution in [3.63, 3.8) is 0 Å². The summed E-state index contributed by atoms with van der Waals surface area (Å²) in [6.07, 6.45) is 0. The number of hydrogen-bond acceptors (Lipinski definition) is 3. The maximum Gasteiger partial charge on any atom is 0.243 e. The molecule has 1 rings (SSSR count). The molecule has 114 valence electrons. The van der Waals surface area contributed by atoms with Crippen LogP contribution in [0.2, 0.25) is 5.02 Å². The van der Waals surface area contributed by atoms with Gasteiger partial charge in [-0.1, -0.05) is 32.4 Å². The van der Waals surface area contributed by atoms with E-state index in [1.54, 1.807) is 14.0 Å². The van der Waals surface area contributed by atoms with Crippen LogP contribution in [0.4, 0.5) is 5.69 Å². The van der Waals surface area contributed by atoms with Gasteiger partial charge in [0.25, 0.3) is 0 Å². The number of nitrogens with zero attached hydrogens (tertiary/aromatic N) is 1. The van der Waals surface area contributed by atoms with E-state index in [1.807, 2.05) is 27.7 Å². The second-order valence-electron chi connectivity index (χ2n) is 6.18. The van der Waals surface area contributed by atoms with Crippen LogP contribution >= 0.6 is 11.6 Å². The largest absolute Gasteiger partial charge is 0.398 e. The van der Waals surface area contributed by atoms with Crippen LogP contribution in [0.3, 0.4) is 0 Å². The number of sulfonamides is 1. The van der Waals surface area contributed by atoms with E-state index >= 15 is 0 Å². The van der Waals surface area contributed by atoms with Crippen molar-refractivity contribution in [2.24, 2.45) is 5.41 Å². The predicted octanol–water partition coefficient (Wildman–Crippen LogP) is 3.29. The van der Waals surface area contributed by atoms with Crippen LogP contribution in [-0.2, 0) is 10.0 Å². The molecule has 0 amide bonds. The van der Waals surface area contributed by atoms with Gasteiger partial charge in [-0.05, 0) is 37.0 Å². The van der Waals surface area contributed by atoms with Gasteiger partial charge in [0.05, 0.1) is 4.90 Å². The highest BCUT2D eigenvalue weighted by molar-refractivity contribution is 7.89. The minimum atomic E-state index is -3.61. The Morgan fingerprint density at radius 1 is 1.30 bits per heavy atom. The van der Waals surface area contributed by atoms with Crippen molar-refractivity contribution >= 4 is 27.3 Å². The number of halogens is 1. The molecular formula is C14H23ClN2O2S. The molecule has 0 saturated carbocycles. The SMILES string of the molecule is Cc1c(N)cc(S(=O)(=O)N(C)C(C)C(C)(C)C)cc1Cl. The molecule has 0 fully saturated rings. The van der Waals surface area contributed by atoms with Gasteiger partial charge in [0, 0.05) is 23.8 Å². The Morgan fingerprint density at radius 2 is 1.80 bits per heavy atom. The lowest BCUT2D eigenvalue weighted by atomic mass is 9.88. The van der Waals surface area contributed by atoms with Gasteiger partial charge < -0.3 is 5.73 Å². The fourth-order valence-corrected chi connectivity index (χ4v) is 3.64. The summed E-state index contributed by atoms with van der Waals surface area (Å²) < 4.78 is 26.7. The summed E-state index contributed by atoms with van der Waals surface area (Å²) >= 11 is 6.04. The van der Waals surface area contributed by atoms with E-state index in [1.165, 1.54) is 16.4 Å². The third kappa shape index (κ3) is 3.27. The molecule has 0 radical (unpaired) electrons. The van der Waals surface area contributed by atoms with E-state index in [0.29, 0.717) is 16.3 Å². The molecule has 1 aromatic carbocycles. The van der Waals surface area contributed by atoms with Crippen molar-refractivity contribution < 1.29 is 8.42 Å². The zero-order chi connectivity index (χ0) is 15.9. The number of rotatable bonds is 3. The normalized spacial score (nSPS) is 14.6. The number of hydrogen-bond donors (Lipinski definition) is 1. The van der Waals surface area contributed by atoms with Crippen LogP contribution in [0.15, 0.2) is 17.0 Å². The van der Waals surface area contributed by atoms with Crippen molar-refractivity contribution in [3.05, 3.63) is 22.7 Å². The summed E-state index contributed by atoms with van der Waals surface area (Å²) in [7, 11) is -2.04. The first-order chi connectivity index (χ1) is 8.89. The van der Waals surface area contributed by atoms with E-state index in [9.17, 15) is 8.42 Å². The summed E-state index contributed by atoms with van der Waals surface area (Å²) in [5, 5.41) is 0.361. The summed E-state index contributed by atoms with van der Waals surface area (Å²) in [6, 6.07) is 2.76. The number of anilines is 1. The second kappa shape index (κ2) is 5.54. The number of benzene rings is 1. The van der Waals surface area contributed by atoms with Crippen molar-refractivity contribution in [2.75, 3.05) is 12.8 Å². The standard InChI is InChI=1S/C14H23ClN2O2S/c1-9-12(15)7-11(8-13(9)16)20(18,19)17(6)10(2)14(3,4)5/h7-8,10H,16H2,1-6H3. The maximum absolute atomic E-state index is 12.6. The monoisotopic (exact) mass is 318 g/mol. The first kappa shape index (κ1) is 17.3. The summed E-state index contributed by atoms with van der Waals surface area (Å²) in [5.41, 5.74) is 6.72. The fraction of sp³-hybridized carbons (Fsp3) is 0.571. The third-order valence-electron chi connectivity index (χ3n) is 3.83. The molecular weight excluding hydrogens is 296 g/mol. The van der Waals surface area contributed by atoms with Crippen LogP contribution in [0.5, 0.6) is 0 Å². The van der Waals surface area contributed by atoms with Gasteiger partial charge in [-0.2, -0.15) is 4.31 Å². The number of nitrogen functional groups attached to an aromatic ring is 1. The molecule has 0 heterocycles. The van der Waals surface area contributed by atoms with Crippen LogP contribution in [0, 0.1) is 12.3 Å². The molecule has 0 aliphatic rings. The molecule has 0 spiro atoms. The Balaban J connectivity index is 3.31. The van der Waals surface area contributed by atoms with Gasteiger partial charge in [-0.15, -0.1) is 0 Å². The van der Waals surface area contributed by atoms with E-state index < -0.39 is 10.0 Å². The summed E-state index contributed by atoms with van der Waals surface area (Å²) in [4.78, 5) is 0.129. The second-order valence-corrected chi connectivity index (χ2v) is 8.59. The van der Waals surface area contributed by atoms with Gasteiger partial charge in [0.2, 0.25) is 10.0 Å². The number of nitrogens with two attached hydrogens (primary N) is 1. The maximum atomic E-state index is 12.6. The molecule has 6 heteroatoms. The van der Waals surface area contributed by atoms with Crippen molar-refractivity contribution in [2.45, 2.75) is 45.6 Å². The lowest BCUT2D eigenvalue weighted by molar-refractivity contribution is 0.216. The highest BCUT2D eigenvalue weighted by Gasteiger charge is 2.32. The molecule has 1 atom stereocenters. The molecule has 0 bridgehead atoms. The molecule has 4 nitrogen and oxygen atoms in total. The predicted molar refractivity (Wildman–Crippen MR) is 84.5 cm³/mol. The smallest absolute Gasteiger partial charge is 0.243 e. The summed E-state index contributed by atoms with van der Waals surface area (Å²) in [6.45, 7) is 9.65. The van der Waals surface area contributed by atoms with Gasteiger partial charge in [-0.3, -0.25) is 0 Å². The van der Waals surface area contributed by atoms with E-state index in [-0.39, 0.29) is 16.4 Å². The van der Waals surface area contributed by atoms with Crippen molar-refractivity contribution in [3.8, 4) is 0 Å². The summed E-state index contributed by atoms with van der Waals surface area (Å²) in [5.74, 6) is 0. The Bertz CT molecular complexity index is 583. The van der Waals surface area contributed by atoms with Crippen LogP contribution < -0.4 is 5.73 Å². The Morgan fingerprint density at radius 3 is 2.20 bits per heavy atom. The Hall–Kier alpha value is -0.780. The topological polar surface area (TPSA) is 63.4 Å². The highest BCUT2D eigenvalue weighted by atomic mass is 35.5. The average Bonchev–Trinajstić information content (AvgIpc) is 2.32. The third-order valence-corrected chi connectivity index (χ3v) is 6.13. The molecule has 1 aromatic rings. The van der Waals surface area contributed by atoms with Gasteiger partial charge in [0.15, 0.2) is 0 Å². The van der Waals surface area contributed by atoms with Gasteiger partial charge in [0.1, 0.15) is 0 Å². The molecule has 1 unspecified atom stereocenters. The van der Waals surface area contributed by atoms with Gasteiger partial charge >= 0.3 is 0 Å². The quantitative estimate of drug-likeness (QED) is 0.870. The lowest BCUT2D eigenvalue weighted by Crippen LogP contribution is -2.42. The van der Waals surface area contributed by atoms with E-state index in [2.05, 4.69) is 0 Å². The molecule has 0 saturated heterocycles. The Kier molecular flexibility index (Phi) is 4.79.